The van der Waals surface area contributed by atoms with Crippen LogP contribution in [0.5, 0.6) is 0 Å². The van der Waals surface area contributed by atoms with E-state index in [9.17, 15) is 0 Å². The molecule has 0 aromatic carbocycles. The number of rotatable bonds is 4. The van der Waals surface area contributed by atoms with Crippen LogP contribution in [-0.2, 0) is 0 Å². The molecule has 0 fully saturated rings. The number of amidine groups is 1. The number of hydrogen-bond donors (Lipinski definition) is 1. The minimum atomic E-state index is 0.891. The molecule has 0 saturated carbocycles. The van der Waals surface area contributed by atoms with Crippen LogP contribution in [0.3, 0.4) is 0 Å². The van der Waals surface area contributed by atoms with Crippen LogP contribution in [0.25, 0.3) is 0 Å². The lowest BCUT2D eigenvalue weighted by Gasteiger charge is -2.04. The molecule has 0 aromatic rings. The zero-order valence-corrected chi connectivity index (χ0v) is 7.28. The van der Waals surface area contributed by atoms with E-state index in [1.54, 1.807) is 0 Å². The summed E-state index contributed by atoms with van der Waals surface area (Å²) < 4.78 is 0. The fraction of sp³-hybridized carbons (Fsp3) is 0.875. The molecule has 0 atom stereocenters. The van der Waals surface area contributed by atoms with Gasteiger partial charge in [0.2, 0.25) is 0 Å². The van der Waals surface area contributed by atoms with Gasteiger partial charge in [-0.3, -0.25) is 4.99 Å². The van der Waals surface area contributed by atoms with Gasteiger partial charge in [-0.25, -0.2) is 0 Å². The summed E-state index contributed by atoms with van der Waals surface area (Å²) in [5, 5.41) is 3.23. The molecule has 0 radical (unpaired) electrons. The molecule has 0 aromatic heterocycles. The molecule has 10 heavy (non-hydrogen) atoms. The van der Waals surface area contributed by atoms with E-state index in [0.717, 1.165) is 25.3 Å². The number of hydrogen-bond acceptors (Lipinski definition) is 1. The molecular formula is C8H18N2. The van der Waals surface area contributed by atoms with E-state index < -0.39 is 0 Å². The highest BCUT2D eigenvalue weighted by Gasteiger charge is 1.91. The van der Waals surface area contributed by atoms with E-state index in [-0.39, 0.29) is 0 Å². The van der Waals surface area contributed by atoms with Crippen LogP contribution in [0.15, 0.2) is 4.99 Å². The minimum absolute atomic E-state index is 0.891. The third-order valence-electron chi connectivity index (χ3n) is 1.22. The molecule has 0 heterocycles. The van der Waals surface area contributed by atoms with Crippen molar-refractivity contribution in [3.05, 3.63) is 0 Å². The Hall–Kier alpha value is -0.530. The Morgan fingerprint density at radius 2 is 2.00 bits per heavy atom. The average molecular weight is 142 g/mol. The molecule has 0 aliphatic rings. The molecule has 0 aliphatic heterocycles. The Morgan fingerprint density at radius 3 is 2.40 bits per heavy atom. The first-order valence-electron chi connectivity index (χ1n) is 4.12. The summed E-state index contributed by atoms with van der Waals surface area (Å²) in [4.78, 5) is 4.31. The van der Waals surface area contributed by atoms with Gasteiger partial charge < -0.3 is 5.32 Å². The topological polar surface area (TPSA) is 24.4 Å². The van der Waals surface area contributed by atoms with Gasteiger partial charge in [0, 0.05) is 19.5 Å². The zero-order chi connectivity index (χ0) is 7.82. The predicted octanol–water partition coefficient (Wildman–Crippen LogP) is 1.81. The molecular weight excluding hydrogens is 124 g/mol. The van der Waals surface area contributed by atoms with Crippen LogP contribution in [0, 0.1) is 0 Å². The van der Waals surface area contributed by atoms with Crippen molar-refractivity contribution in [2.24, 2.45) is 4.99 Å². The van der Waals surface area contributed by atoms with E-state index in [4.69, 9.17) is 0 Å². The van der Waals surface area contributed by atoms with Crippen molar-refractivity contribution in [2.75, 3.05) is 13.1 Å². The van der Waals surface area contributed by atoms with Gasteiger partial charge in [0.05, 0.1) is 5.84 Å². The van der Waals surface area contributed by atoms with E-state index in [1.165, 1.54) is 6.42 Å². The largest absolute Gasteiger partial charge is 0.374 e. The van der Waals surface area contributed by atoms with Crippen molar-refractivity contribution in [3.8, 4) is 0 Å². The van der Waals surface area contributed by atoms with Crippen molar-refractivity contribution in [1.29, 1.82) is 0 Å². The van der Waals surface area contributed by atoms with Gasteiger partial charge in [-0.1, -0.05) is 6.92 Å². The summed E-state index contributed by atoms with van der Waals surface area (Å²) >= 11 is 0. The Morgan fingerprint density at radius 1 is 1.30 bits per heavy atom. The van der Waals surface area contributed by atoms with Crippen LogP contribution in [0.1, 0.15) is 33.6 Å². The number of nitrogens with zero attached hydrogens (tertiary/aromatic N) is 1. The van der Waals surface area contributed by atoms with Crippen molar-refractivity contribution in [2.45, 2.75) is 33.6 Å². The lowest BCUT2D eigenvalue weighted by Crippen LogP contribution is -2.22. The van der Waals surface area contributed by atoms with Crippen LogP contribution in [0.4, 0.5) is 0 Å². The lowest BCUT2D eigenvalue weighted by atomic mass is 10.3. The van der Waals surface area contributed by atoms with Gasteiger partial charge in [-0.05, 0) is 20.3 Å². The fourth-order valence-electron chi connectivity index (χ4n) is 0.855. The first kappa shape index (κ1) is 9.47. The summed E-state index contributed by atoms with van der Waals surface area (Å²) in [6, 6.07) is 0. The predicted molar refractivity (Wildman–Crippen MR) is 46.6 cm³/mol. The second-order valence-corrected chi connectivity index (χ2v) is 2.20. The first-order valence-corrected chi connectivity index (χ1v) is 4.12. The molecule has 0 rings (SSSR count). The average Bonchev–Trinajstić information content (AvgIpc) is 1.90. The smallest absolute Gasteiger partial charge is 0.0962 e. The molecule has 2 heteroatoms. The van der Waals surface area contributed by atoms with Gasteiger partial charge in [0.15, 0.2) is 0 Å². The highest BCUT2D eigenvalue weighted by molar-refractivity contribution is 5.81. The summed E-state index contributed by atoms with van der Waals surface area (Å²) in [6.07, 6.45) is 2.26. The Balaban J connectivity index is 3.60. The van der Waals surface area contributed by atoms with E-state index >= 15 is 0 Å². The highest BCUT2D eigenvalue weighted by Crippen LogP contribution is 1.88. The van der Waals surface area contributed by atoms with Crippen LogP contribution in [-0.4, -0.2) is 18.9 Å². The number of nitrogens with one attached hydrogen (secondary N) is 1. The zero-order valence-electron chi connectivity index (χ0n) is 7.28. The van der Waals surface area contributed by atoms with Gasteiger partial charge in [-0.15, -0.1) is 0 Å². The molecule has 2 nitrogen and oxygen atoms in total. The van der Waals surface area contributed by atoms with Crippen LogP contribution in [0.2, 0.25) is 0 Å². The summed E-state index contributed by atoms with van der Waals surface area (Å²) in [6.45, 7) is 8.21. The van der Waals surface area contributed by atoms with E-state index in [2.05, 4.69) is 31.1 Å². The Labute approximate surface area is 63.7 Å². The maximum absolute atomic E-state index is 4.31. The van der Waals surface area contributed by atoms with Crippen molar-refractivity contribution in [1.82, 2.24) is 5.32 Å². The number of aliphatic imine (C=N–C) groups is 1. The van der Waals surface area contributed by atoms with Gasteiger partial charge in [0.1, 0.15) is 0 Å². The van der Waals surface area contributed by atoms with Crippen LogP contribution < -0.4 is 5.32 Å². The SMILES string of the molecule is CCCC(=NCC)NCC. The quantitative estimate of drug-likeness (QED) is 0.470. The monoisotopic (exact) mass is 142 g/mol. The second kappa shape index (κ2) is 6.59. The molecule has 1 N–H and O–H groups in total. The molecule has 0 amide bonds. The van der Waals surface area contributed by atoms with E-state index in [0.29, 0.717) is 0 Å². The maximum Gasteiger partial charge on any atom is 0.0962 e. The summed E-state index contributed by atoms with van der Waals surface area (Å²) in [7, 11) is 0. The Bertz CT molecular complexity index is 89.4. The summed E-state index contributed by atoms with van der Waals surface area (Å²) in [5.74, 6) is 1.16. The van der Waals surface area contributed by atoms with E-state index in [1.807, 2.05) is 0 Å². The van der Waals surface area contributed by atoms with Crippen molar-refractivity contribution >= 4 is 5.84 Å². The molecule has 0 saturated heterocycles. The third kappa shape index (κ3) is 4.36. The molecule has 0 bridgehead atoms. The highest BCUT2D eigenvalue weighted by atomic mass is 15.0. The lowest BCUT2D eigenvalue weighted by molar-refractivity contribution is 0.872. The Kier molecular flexibility index (Phi) is 6.24. The van der Waals surface area contributed by atoms with Crippen LogP contribution >= 0.6 is 0 Å². The molecule has 60 valence electrons. The maximum atomic E-state index is 4.31. The standard InChI is InChI=1S/C8H18N2/c1-4-7-8(9-5-2)10-6-3/h4-7H2,1-3H3,(H,9,10). The van der Waals surface area contributed by atoms with Gasteiger partial charge in [-0.2, -0.15) is 0 Å². The first-order chi connectivity index (χ1) is 4.85. The normalized spacial score (nSPS) is 11.7. The molecule has 0 spiro atoms. The molecule has 0 aliphatic carbocycles. The fourth-order valence-corrected chi connectivity index (χ4v) is 0.855. The summed E-state index contributed by atoms with van der Waals surface area (Å²) in [5.41, 5.74) is 0. The second-order valence-electron chi connectivity index (χ2n) is 2.20. The molecule has 0 unspecified atom stereocenters. The van der Waals surface area contributed by atoms with Gasteiger partial charge >= 0.3 is 0 Å². The third-order valence-corrected chi connectivity index (χ3v) is 1.22. The minimum Gasteiger partial charge on any atom is -0.374 e. The van der Waals surface area contributed by atoms with Gasteiger partial charge in [0.25, 0.3) is 0 Å². The van der Waals surface area contributed by atoms with Crippen molar-refractivity contribution < 1.29 is 0 Å². The van der Waals surface area contributed by atoms with Crippen molar-refractivity contribution in [3.63, 3.8) is 0 Å².